The predicted molar refractivity (Wildman–Crippen MR) is 31.2 cm³/mol. The van der Waals surface area contributed by atoms with Crippen molar-refractivity contribution in [1.82, 2.24) is 0 Å². The standard InChI is InChI=1S/C4H6NP/c6-2-1-4-3-5-4/h1,3H,2,6H2/b4-1-. The van der Waals surface area contributed by atoms with Crippen LogP contribution in [0, 0.1) is 0 Å². The molecule has 0 aromatic rings. The minimum atomic E-state index is 1.02. The Balaban J connectivity index is 2.27. The fourth-order valence-corrected chi connectivity index (χ4v) is 0.505. The molecule has 1 unspecified atom stereocenters. The minimum Gasteiger partial charge on any atom is -0.253 e. The van der Waals surface area contributed by atoms with Crippen molar-refractivity contribution in [3.63, 3.8) is 0 Å². The van der Waals surface area contributed by atoms with Crippen LogP contribution in [-0.4, -0.2) is 12.4 Å². The topological polar surface area (TPSA) is 12.4 Å². The van der Waals surface area contributed by atoms with Crippen molar-refractivity contribution >= 4 is 15.5 Å². The molecule has 0 amide bonds. The Kier molecular flexibility index (Phi) is 1.02. The van der Waals surface area contributed by atoms with Crippen LogP contribution in [0.4, 0.5) is 0 Å². The second-order valence-corrected chi connectivity index (χ2v) is 1.59. The van der Waals surface area contributed by atoms with Crippen molar-refractivity contribution < 1.29 is 0 Å². The summed E-state index contributed by atoms with van der Waals surface area (Å²) in [6, 6.07) is 0. The fourth-order valence-electron chi connectivity index (χ4n) is 0.263. The number of aliphatic imine (C=N–C) groups is 1. The van der Waals surface area contributed by atoms with Crippen molar-refractivity contribution in [2.75, 3.05) is 6.16 Å². The summed E-state index contributed by atoms with van der Waals surface area (Å²) < 4.78 is 0. The number of rotatable bonds is 1. The smallest absolute Gasteiger partial charge is 0.0777 e. The number of nitrogens with zero attached hydrogens (tertiary/aromatic N) is 1. The number of hydrogen-bond donors (Lipinski definition) is 0. The van der Waals surface area contributed by atoms with Crippen molar-refractivity contribution in [2.24, 2.45) is 4.99 Å². The van der Waals surface area contributed by atoms with Crippen LogP contribution in [0.3, 0.4) is 0 Å². The summed E-state index contributed by atoms with van der Waals surface area (Å²) in [5, 5.41) is 0. The molecule has 1 atom stereocenters. The van der Waals surface area contributed by atoms with Gasteiger partial charge in [-0.05, 0) is 6.16 Å². The van der Waals surface area contributed by atoms with E-state index >= 15 is 0 Å². The first-order chi connectivity index (χ1) is 2.93. The average molecular weight is 99.1 g/mol. The highest BCUT2D eigenvalue weighted by Gasteiger charge is 1.95. The Hall–Kier alpha value is -0.160. The first kappa shape index (κ1) is 4.01. The molecule has 0 aromatic carbocycles. The van der Waals surface area contributed by atoms with Crippen LogP contribution in [0.1, 0.15) is 0 Å². The first-order valence-corrected chi connectivity index (χ1v) is 2.69. The van der Waals surface area contributed by atoms with Gasteiger partial charge in [0, 0.05) is 0 Å². The number of hydrogen-bond acceptors (Lipinski definition) is 1. The van der Waals surface area contributed by atoms with Crippen molar-refractivity contribution in [2.45, 2.75) is 0 Å². The van der Waals surface area contributed by atoms with E-state index in [1.54, 1.807) is 0 Å². The van der Waals surface area contributed by atoms with E-state index in [1.807, 2.05) is 6.21 Å². The molecule has 1 aliphatic heterocycles. The highest BCUT2D eigenvalue weighted by Crippen LogP contribution is 2.05. The average Bonchev–Trinajstić information content (AvgIpc) is 2.21. The molecule has 0 aromatic heterocycles. The molecule has 0 spiro atoms. The van der Waals surface area contributed by atoms with E-state index in [0.29, 0.717) is 0 Å². The SMILES string of the molecule is PC/C=C1C=N/1. The summed E-state index contributed by atoms with van der Waals surface area (Å²) in [6.07, 6.45) is 4.93. The van der Waals surface area contributed by atoms with Gasteiger partial charge < -0.3 is 0 Å². The lowest BCUT2D eigenvalue weighted by Crippen LogP contribution is -1.55. The van der Waals surface area contributed by atoms with Crippen molar-refractivity contribution in [3.8, 4) is 0 Å². The monoisotopic (exact) mass is 99.0 g/mol. The Labute approximate surface area is 39.4 Å². The largest absolute Gasteiger partial charge is 0.253 e. The predicted octanol–water partition coefficient (Wildman–Crippen LogP) is 0.830. The quantitative estimate of drug-likeness (QED) is 0.432. The molecule has 1 rings (SSSR count). The molecule has 0 saturated carbocycles. The van der Waals surface area contributed by atoms with Gasteiger partial charge in [-0.3, -0.25) is 4.99 Å². The molecule has 32 valence electrons. The molecule has 1 nitrogen and oxygen atoms in total. The van der Waals surface area contributed by atoms with Gasteiger partial charge in [0.05, 0.1) is 11.9 Å². The molecule has 6 heavy (non-hydrogen) atoms. The van der Waals surface area contributed by atoms with E-state index in [-0.39, 0.29) is 0 Å². The van der Waals surface area contributed by atoms with Gasteiger partial charge in [0.15, 0.2) is 0 Å². The van der Waals surface area contributed by atoms with Crippen LogP contribution in [0.15, 0.2) is 16.8 Å². The molecule has 2 heteroatoms. The third kappa shape index (κ3) is 0.908. The van der Waals surface area contributed by atoms with Crippen LogP contribution in [0.25, 0.3) is 0 Å². The molecular weight excluding hydrogens is 93.0 g/mol. The van der Waals surface area contributed by atoms with Gasteiger partial charge in [0.1, 0.15) is 0 Å². The van der Waals surface area contributed by atoms with E-state index in [4.69, 9.17) is 0 Å². The van der Waals surface area contributed by atoms with E-state index < -0.39 is 0 Å². The molecule has 0 bridgehead atoms. The molecular formula is C4H6NP. The normalized spacial score (nSPS) is 22.5. The number of allylic oxidation sites excluding steroid dienone is 2. The molecule has 1 heterocycles. The third-order valence-corrected chi connectivity index (χ3v) is 0.841. The lowest BCUT2D eigenvalue weighted by atomic mass is 10.6. The van der Waals surface area contributed by atoms with Crippen LogP contribution >= 0.6 is 9.24 Å². The summed E-state index contributed by atoms with van der Waals surface area (Å²) in [5.41, 5.74) is 1.14. The van der Waals surface area contributed by atoms with Gasteiger partial charge in [0.2, 0.25) is 0 Å². The van der Waals surface area contributed by atoms with E-state index in [1.165, 1.54) is 0 Å². The van der Waals surface area contributed by atoms with E-state index in [9.17, 15) is 0 Å². The summed E-state index contributed by atoms with van der Waals surface area (Å²) in [4.78, 5) is 3.81. The van der Waals surface area contributed by atoms with Crippen LogP contribution in [-0.2, 0) is 0 Å². The fraction of sp³-hybridized carbons (Fsp3) is 0.250. The summed E-state index contributed by atoms with van der Waals surface area (Å²) in [5.74, 6) is 0. The van der Waals surface area contributed by atoms with E-state index in [2.05, 4.69) is 20.3 Å². The second-order valence-electron chi connectivity index (χ2n) is 1.12. The molecule has 0 aliphatic carbocycles. The first-order valence-electron chi connectivity index (χ1n) is 1.88. The van der Waals surface area contributed by atoms with E-state index in [0.717, 1.165) is 11.9 Å². The van der Waals surface area contributed by atoms with Crippen LogP contribution < -0.4 is 0 Å². The maximum Gasteiger partial charge on any atom is 0.0777 e. The Morgan fingerprint density at radius 3 is 2.83 bits per heavy atom. The molecule has 1 aliphatic rings. The zero-order valence-electron chi connectivity index (χ0n) is 3.39. The Morgan fingerprint density at radius 1 is 2.00 bits per heavy atom. The third-order valence-electron chi connectivity index (χ3n) is 0.605. The summed E-state index contributed by atoms with van der Waals surface area (Å²) >= 11 is 0. The van der Waals surface area contributed by atoms with Gasteiger partial charge in [-0.25, -0.2) is 0 Å². The molecule has 0 N–H and O–H groups in total. The lowest BCUT2D eigenvalue weighted by molar-refractivity contribution is 1.63. The van der Waals surface area contributed by atoms with Crippen LogP contribution in [0.5, 0.6) is 0 Å². The maximum atomic E-state index is 3.81. The molecule has 0 fully saturated rings. The molecule has 0 saturated heterocycles. The Morgan fingerprint density at radius 2 is 2.67 bits per heavy atom. The highest BCUT2D eigenvalue weighted by molar-refractivity contribution is 7.16. The van der Waals surface area contributed by atoms with Gasteiger partial charge in [-0.1, -0.05) is 6.08 Å². The second kappa shape index (κ2) is 1.53. The Bertz CT molecular complexity index is 96.1. The van der Waals surface area contributed by atoms with Crippen molar-refractivity contribution in [3.05, 3.63) is 11.8 Å². The summed E-state index contributed by atoms with van der Waals surface area (Å²) in [7, 11) is 2.61. The van der Waals surface area contributed by atoms with Gasteiger partial charge in [-0.15, -0.1) is 9.24 Å². The maximum absolute atomic E-state index is 3.81. The summed E-state index contributed by atoms with van der Waals surface area (Å²) in [6.45, 7) is 0. The zero-order valence-corrected chi connectivity index (χ0v) is 4.54. The van der Waals surface area contributed by atoms with Crippen molar-refractivity contribution in [1.29, 1.82) is 0 Å². The highest BCUT2D eigenvalue weighted by atomic mass is 31.0. The molecule has 0 radical (unpaired) electrons. The zero-order chi connectivity index (χ0) is 4.41. The lowest BCUT2D eigenvalue weighted by Gasteiger charge is -1.66. The van der Waals surface area contributed by atoms with Gasteiger partial charge in [-0.2, -0.15) is 0 Å². The minimum absolute atomic E-state index is 1.02. The van der Waals surface area contributed by atoms with Crippen LogP contribution in [0.2, 0.25) is 0 Å². The van der Waals surface area contributed by atoms with Gasteiger partial charge in [0.25, 0.3) is 0 Å². The van der Waals surface area contributed by atoms with Gasteiger partial charge >= 0.3 is 0 Å².